The normalized spacial score (nSPS) is 9.42. The number of hydrogen-bond donors (Lipinski definition) is 0. The lowest BCUT2D eigenvalue weighted by molar-refractivity contribution is 0.663. The van der Waals surface area contributed by atoms with Crippen molar-refractivity contribution in [1.29, 1.82) is 0 Å². The molecule has 0 amide bonds. The van der Waals surface area contributed by atoms with Crippen LogP contribution in [0.15, 0.2) is 11.0 Å². The Morgan fingerprint density at radius 1 is 1.67 bits per heavy atom. The average Bonchev–Trinajstić information content (AvgIpc) is 2.07. The number of halogens is 2. The molecule has 12 heavy (non-hydrogen) atoms. The van der Waals surface area contributed by atoms with Gasteiger partial charge in [-0.2, -0.15) is 5.10 Å². The average molecular weight is 203 g/mol. The number of nitrogens with zero attached hydrogens (tertiary/aromatic N) is 2. The molecular weight excluding hydrogens is 199 g/mol. The molecule has 0 aliphatic carbocycles. The summed E-state index contributed by atoms with van der Waals surface area (Å²) in [4.78, 5) is 11.2. The fourth-order valence-corrected chi connectivity index (χ4v) is 0.915. The Balaban J connectivity index is 3.29. The van der Waals surface area contributed by atoms with Gasteiger partial charge >= 0.3 is 0 Å². The van der Waals surface area contributed by atoms with E-state index in [0.717, 1.165) is 4.68 Å². The Hall–Kier alpha value is -0.980. The lowest BCUT2D eigenvalue weighted by Gasteiger charge is -1.99. The lowest BCUT2D eigenvalue weighted by Crippen LogP contribution is -2.22. The first-order chi connectivity index (χ1) is 5.66. The van der Waals surface area contributed by atoms with Crippen molar-refractivity contribution in [2.24, 2.45) is 0 Å². The van der Waals surface area contributed by atoms with Crippen molar-refractivity contribution in [3.63, 3.8) is 0 Å². The summed E-state index contributed by atoms with van der Waals surface area (Å²) < 4.78 is 1.06. The van der Waals surface area contributed by atoms with Crippen molar-refractivity contribution in [2.75, 3.05) is 0 Å². The Labute approximate surface area is 78.9 Å². The smallest absolute Gasteiger partial charge is 0.266 e. The van der Waals surface area contributed by atoms with Crippen LogP contribution in [-0.2, 0) is 6.54 Å². The minimum Gasteiger partial charge on any atom is -0.266 e. The molecular formula is C7H4Cl2N2O. The van der Waals surface area contributed by atoms with E-state index in [2.05, 4.69) is 11.0 Å². The molecule has 3 nitrogen and oxygen atoms in total. The van der Waals surface area contributed by atoms with Crippen molar-refractivity contribution >= 4 is 23.2 Å². The zero-order chi connectivity index (χ0) is 9.14. The van der Waals surface area contributed by atoms with E-state index in [4.69, 9.17) is 29.6 Å². The van der Waals surface area contributed by atoms with Gasteiger partial charge in [-0.15, -0.1) is 6.42 Å². The van der Waals surface area contributed by atoms with Gasteiger partial charge in [-0.1, -0.05) is 29.1 Å². The van der Waals surface area contributed by atoms with E-state index < -0.39 is 5.56 Å². The first kappa shape index (κ1) is 9.11. The highest BCUT2D eigenvalue weighted by atomic mass is 35.5. The molecule has 0 spiro atoms. The molecule has 0 radical (unpaired) electrons. The summed E-state index contributed by atoms with van der Waals surface area (Å²) in [6.45, 7) is 0.0930. The molecule has 0 fully saturated rings. The highest BCUT2D eigenvalue weighted by molar-refractivity contribution is 6.41. The van der Waals surface area contributed by atoms with Crippen LogP contribution in [0, 0.1) is 12.3 Å². The summed E-state index contributed by atoms with van der Waals surface area (Å²) in [6, 6.07) is 0. The van der Waals surface area contributed by atoms with E-state index in [1.165, 1.54) is 6.20 Å². The Morgan fingerprint density at radius 2 is 2.33 bits per heavy atom. The van der Waals surface area contributed by atoms with Gasteiger partial charge < -0.3 is 0 Å². The molecule has 0 aliphatic rings. The third-order valence-corrected chi connectivity index (χ3v) is 1.93. The topological polar surface area (TPSA) is 34.9 Å². The van der Waals surface area contributed by atoms with E-state index in [1.807, 2.05) is 0 Å². The molecule has 0 atom stereocenters. The molecule has 0 aromatic carbocycles. The summed E-state index contributed by atoms with van der Waals surface area (Å²) in [5.74, 6) is 2.27. The van der Waals surface area contributed by atoms with Crippen LogP contribution < -0.4 is 5.56 Å². The first-order valence-electron chi connectivity index (χ1n) is 3.01. The van der Waals surface area contributed by atoms with Crippen molar-refractivity contribution in [3.05, 3.63) is 26.6 Å². The van der Waals surface area contributed by atoms with Crippen LogP contribution in [-0.4, -0.2) is 9.78 Å². The summed E-state index contributed by atoms with van der Waals surface area (Å²) in [6.07, 6.45) is 6.27. The van der Waals surface area contributed by atoms with Crippen LogP contribution in [0.25, 0.3) is 0 Å². The number of terminal acetylenes is 1. The van der Waals surface area contributed by atoms with Gasteiger partial charge in [0.05, 0.1) is 11.2 Å². The minimum absolute atomic E-state index is 0.0538. The van der Waals surface area contributed by atoms with Crippen molar-refractivity contribution in [2.45, 2.75) is 6.54 Å². The minimum atomic E-state index is -0.470. The quantitative estimate of drug-likeness (QED) is 0.642. The van der Waals surface area contributed by atoms with E-state index in [-0.39, 0.29) is 16.6 Å². The van der Waals surface area contributed by atoms with E-state index >= 15 is 0 Å². The molecule has 5 heteroatoms. The highest BCUT2D eigenvalue weighted by Gasteiger charge is 2.05. The van der Waals surface area contributed by atoms with Crippen molar-refractivity contribution in [3.8, 4) is 12.3 Å². The predicted molar refractivity (Wildman–Crippen MR) is 47.4 cm³/mol. The molecule has 1 aromatic heterocycles. The fourth-order valence-electron chi connectivity index (χ4n) is 0.644. The molecule has 0 saturated heterocycles. The predicted octanol–water partition coefficient (Wildman–Crippen LogP) is 1.18. The third-order valence-electron chi connectivity index (χ3n) is 1.18. The van der Waals surface area contributed by atoms with Crippen LogP contribution in [0.3, 0.4) is 0 Å². The molecule has 0 saturated carbocycles. The second kappa shape index (κ2) is 3.61. The maximum absolute atomic E-state index is 11.2. The molecule has 1 rings (SSSR count). The summed E-state index contributed by atoms with van der Waals surface area (Å²) in [7, 11) is 0. The maximum atomic E-state index is 11.2. The molecule has 0 bridgehead atoms. The van der Waals surface area contributed by atoms with Crippen LogP contribution >= 0.6 is 23.2 Å². The van der Waals surface area contributed by atoms with Crippen LogP contribution in [0.4, 0.5) is 0 Å². The van der Waals surface area contributed by atoms with Crippen LogP contribution in [0.2, 0.25) is 10.0 Å². The Bertz CT molecular complexity index is 391. The van der Waals surface area contributed by atoms with Crippen LogP contribution in [0.1, 0.15) is 0 Å². The highest BCUT2D eigenvalue weighted by Crippen LogP contribution is 2.14. The van der Waals surface area contributed by atoms with Crippen molar-refractivity contribution < 1.29 is 0 Å². The van der Waals surface area contributed by atoms with Crippen molar-refractivity contribution in [1.82, 2.24) is 9.78 Å². The summed E-state index contributed by atoms with van der Waals surface area (Å²) in [5, 5.41) is 3.75. The van der Waals surface area contributed by atoms with E-state index in [0.29, 0.717) is 0 Å². The standard InChI is InChI=1S/C7H4Cl2N2O/c1-2-3-11-7(12)6(9)5(8)4-10-11/h1,4H,3H2. The molecule has 0 aliphatic heterocycles. The van der Waals surface area contributed by atoms with Gasteiger partial charge in [0.2, 0.25) is 0 Å². The van der Waals surface area contributed by atoms with E-state index in [9.17, 15) is 4.79 Å². The summed E-state index contributed by atoms with van der Waals surface area (Å²) in [5.41, 5.74) is -0.470. The van der Waals surface area contributed by atoms with Gasteiger partial charge in [-0.05, 0) is 0 Å². The lowest BCUT2D eigenvalue weighted by atomic mass is 10.5. The third kappa shape index (κ3) is 1.60. The largest absolute Gasteiger partial charge is 0.287 e. The van der Waals surface area contributed by atoms with Gasteiger partial charge in [0.25, 0.3) is 5.56 Å². The second-order valence-electron chi connectivity index (χ2n) is 1.97. The molecule has 1 aromatic rings. The zero-order valence-corrected chi connectivity index (χ0v) is 7.43. The van der Waals surface area contributed by atoms with Gasteiger partial charge in [-0.3, -0.25) is 4.79 Å². The fraction of sp³-hybridized carbons (Fsp3) is 0.143. The Morgan fingerprint density at radius 3 is 2.92 bits per heavy atom. The van der Waals surface area contributed by atoms with E-state index in [1.54, 1.807) is 0 Å². The summed E-state index contributed by atoms with van der Waals surface area (Å²) >= 11 is 11.1. The monoisotopic (exact) mass is 202 g/mol. The number of aromatic nitrogens is 2. The molecule has 0 unspecified atom stereocenters. The maximum Gasteiger partial charge on any atom is 0.287 e. The van der Waals surface area contributed by atoms with Gasteiger partial charge in [-0.25, -0.2) is 4.68 Å². The Kier molecular flexibility index (Phi) is 2.74. The SMILES string of the molecule is C#CCn1ncc(Cl)c(Cl)c1=O. The van der Waals surface area contributed by atoms with Gasteiger partial charge in [0.15, 0.2) is 0 Å². The number of rotatable bonds is 1. The zero-order valence-electron chi connectivity index (χ0n) is 5.92. The molecule has 0 N–H and O–H groups in total. The van der Waals surface area contributed by atoms with Gasteiger partial charge in [0, 0.05) is 0 Å². The second-order valence-corrected chi connectivity index (χ2v) is 2.76. The molecule has 1 heterocycles. The molecule has 62 valence electrons. The van der Waals surface area contributed by atoms with Crippen LogP contribution in [0.5, 0.6) is 0 Å². The number of hydrogen-bond acceptors (Lipinski definition) is 2. The first-order valence-corrected chi connectivity index (χ1v) is 3.77. The van der Waals surface area contributed by atoms with Gasteiger partial charge in [0.1, 0.15) is 11.6 Å².